The molecule has 0 atom stereocenters. The van der Waals surface area contributed by atoms with Gasteiger partial charge in [-0.2, -0.15) is 8.42 Å². The zero-order valence-corrected chi connectivity index (χ0v) is 25.1. The predicted molar refractivity (Wildman–Crippen MR) is 157 cm³/mol. The fraction of sp³-hybridized carbons (Fsp3) is 0.600. The molecule has 0 fully saturated rings. The van der Waals surface area contributed by atoms with Gasteiger partial charge in [0, 0.05) is 0 Å². The van der Waals surface area contributed by atoms with Gasteiger partial charge in [-0.1, -0.05) is 95.2 Å². The molecule has 0 amide bonds. The molecule has 206 valence electrons. The van der Waals surface area contributed by atoms with Crippen molar-refractivity contribution in [2.45, 2.75) is 117 Å². The van der Waals surface area contributed by atoms with E-state index in [9.17, 15) is 18.6 Å². The van der Waals surface area contributed by atoms with E-state index in [0.29, 0.717) is 22.3 Å². The zero-order chi connectivity index (χ0) is 28.1. The zero-order valence-electron chi connectivity index (χ0n) is 24.3. The summed E-state index contributed by atoms with van der Waals surface area (Å²) in [5, 5.41) is 21.9. The third-order valence-corrected chi connectivity index (χ3v) is 7.48. The maximum absolute atomic E-state index is 13.1. The van der Waals surface area contributed by atoms with Gasteiger partial charge in [0.1, 0.15) is 17.3 Å². The van der Waals surface area contributed by atoms with Crippen LogP contribution in [0.25, 0.3) is 0 Å². The van der Waals surface area contributed by atoms with Gasteiger partial charge in [-0.15, -0.1) is 0 Å². The molecule has 2 aromatic rings. The van der Waals surface area contributed by atoms with Gasteiger partial charge < -0.3 is 10.2 Å². The van der Waals surface area contributed by atoms with E-state index >= 15 is 0 Å². The number of phenols is 2. The predicted octanol–water partition coefficient (Wildman–Crippen LogP) is 6.42. The molecule has 2 aromatic carbocycles. The first kappa shape index (κ1) is 34.2. The molecule has 0 heterocycles. The van der Waals surface area contributed by atoms with Crippen LogP contribution >= 0.6 is 0 Å². The molecule has 0 saturated carbocycles. The van der Waals surface area contributed by atoms with Crippen LogP contribution in [0.3, 0.4) is 0 Å². The van der Waals surface area contributed by atoms with Gasteiger partial charge in [-0.25, -0.2) is 0 Å². The first-order valence-electron chi connectivity index (χ1n) is 12.5. The first-order chi connectivity index (χ1) is 15.9. The normalized spacial score (nSPS) is 13.4. The topological polar surface area (TPSA) is 83.8 Å². The molecule has 0 aliphatic carbocycles. The standard InChI is InChI=1S/C30H46O5S.Ca.2H/c1-27(2,3)21-13-19(14-22(25(21)31)28(4,5)6)17-35-36(33,34)18-20-15-23(29(7,8)9)26(32)24(16-20)30(10,11)12;;;/h13-16,31-32H,17-18H2,1-12H3;;;. The third-order valence-electron chi connectivity index (χ3n) is 6.32. The molecule has 37 heavy (non-hydrogen) atoms. The molecule has 0 aliphatic heterocycles. The van der Waals surface area contributed by atoms with E-state index in [1.807, 2.05) is 95.2 Å². The van der Waals surface area contributed by atoms with Crippen molar-refractivity contribution < 1.29 is 22.8 Å². The van der Waals surface area contributed by atoms with E-state index in [1.165, 1.54) is 0 Å². The van der Waals surface area contributed by atoms with E-state index in [-0.39, 0.29) is 83.3 Å². The Kier molecular flexibility index (Phi) is 10.5. The Morgan fingerprint density at radius 1 is 0.595 bits per heavy atom. The Bertz CT molecular complexity index is 1150. The van der Waals surface area contributed by atoms with Gasteiger partial charge in [-0.3, -0.25) is 4.18 Å². The van der Waals surface area contributed by atoms with Crippen LogP contribution in [0.2, 0.25) is 0 Å². The molecule has 0 bridgehead atoms. The molecular weight excluding hydrogens is 512 g/mol. The number of aromatic hydroxyl groups is 2. The Balaban J connectivity index is 0.00000684. The second-order valence-electron chi connectivity index (χ2n) is 14.0. The summed E-state index contributed by atoms with van der Waals surface area (Å²) in [6, 6.07) is 7.19. The minimum atomic E-state index is -3.92. The molecule has 0 saturated heterocycles. The van der Waals surface area contributed by atoms with Crippen molar-refractivity contribution in [2.75, 3.05) is 0 Å². The Hall–Kier alpha value is -0.790. The Morgan fingerprint density at radius 2 is 0.865 bits per heavy atom. The van der Waals surface area contributed by atoms with Crippen molar-refractivity contribution in [2.24, 2.45) is 0 Å². The summed E-state index contributed by atoms with van der Waals surface area (Å²) < 4.78 is 31.7. The second-order valence-corrected chi connectivity index (χ2v) is 15.7. The third kappa shape index (κ3) is 8.86. The molecule has 0 aromatic heterocycles. The van der Waals surface area contributed by atoms with Crippen molar-refractivity contribution in [1.82, 2.24) is 0 Å². The van der Waals surface area contributed by atoms with Crippen molar-refractivity contribution in [1.29, 1.82) is 0 Å². The molecule has 2 N–H and O–H groups in total. The summed E-state index contributed by atoms with van der Waals surface area (Å²) in [6.07, 6.45) is 0. The fourth-order valence-corrected chi connectivity index (χ4v) is 5.22. The van der Waals surface area contributed by atoms with Crippen LogP contribution in [0, 0.1) is 0 Å². The average Bonchev–Trinajstić information content (AvgIpc) is 2.64. The van der Waals surface area contributed by atoms with E-state index in [1.54, 1.807) is 12.1 Å². The van der Waals surface area contributed by atoms with Crippen LogP contribution in [0.15, 0.2) is 24.3 Å². The van der Waals surface area contributed by atoms with Crippen LogP contribution in [0.1, 0.15) is 116 Å². The van der Waals surface area contributed by atoms with Gasteiger partial charge in [0.15, 0.2) is 0 Å². The van der Waals surface area contributed by atoms with Crippen LogP contribution < -0.4 is 0 Å². The molecule has 0 spiro atoms. The van der Waals surface area contributed by atoms with Crippen molar-refractivity contribution in [3.63, 3.8) is 0 Å². The van der Waals surface area contributed by atoms with Gasteiger partial charge in [-0.05, 0) is 67.2 Å². The van der Waals surface area contributed by atoms with E-state index in [0.717, 1.165) is 11.1 Å². The van der Waals surface area contributed by atoms with Gasteiger partial charge in [0.2, 0.25) is 0 Å². The monoisotopic (exact) mass is 560 g/mol. The number of hydrogen-bond acceptors (Lipinski definition) is 5. The van der Waals surface area contributed by atoms with Gasteiger partial charge in [0.25, 0.3) is 10.1 Å². The summed E-state index contributed by atoms with van der Waals surface area (Å²) in [5.74, 6) is 0.163. The molecule has 5 nitrogen and oxygen atoms in total. The number of hydrogen-bond donors (Lipinski definition) is 2. The summed E-state index contributed by atoms with van der Waals surface area (Å²) >= 11 is 0. The summed E-state index contributed by atoms with van der Waals surface area (Å²) in [4.78, 5) is 0. The average molecular weight is 561 g/mol. The van der Waals surface area contributed by atoms with Crippen LogP contribution in [0.4, 0.5) is 0 Å². The van der Waals surface area contributed by atoms with E-state index in [4.69, 9.17) is 4.18 Å². The minimum absolute atomic E-state index is 0. The summed E-state index contributed by atoms with van der Waals surface area (Å²) in [7, 11) is -3.92. The summed E-state index contributed by atoms with van der Waals surface area (Å²) in [6.45, 7) is 23.9. The van der Waals surface area contributed by atoms with E-state index in [2.05, 4.69) is 0 Å². The number of rotatable bonds is 5. The second kappa shape index (κ2) is 11.4. The van der Waals surface area contributed by atoms with Crippen LogP contribution in [-0.4, -0.2) is 56.4 Å². The number of phenolic OH excluding ortho intramolecular Hbond substituents is 2. The Morgan fingerprint density at radius 3 is 1.14 bits per heavy atom. The van der Waals surface area contributed by atoms with Crippen molar-refractivity contribution in [3.8, 4) is 11.5 Å². The van der Waals surface area contributed by atoms with Gasteiger partial charge in [0.05, 0.1) is 6.61 Å². The number of benzene rings is 2. The maximum atomic E-state index is 13.1. The fourth-order valence-electron chi connectivity index (χ4n) is 4.25. The van der Waals surface area contributed by atoms with Crippen molar-refractivity contribution >= 4 is 47.9 Å². The molecule has 2 rings (SSSR count). The van der Waals surface area contributed by atoms with Crippen molar-refractivity contribution in [3.05, 3.63) is 57.6 Å². The molecule has 0 unspecified atom stereocenters. The van der Waals surface area contributed by atoms with Crippen LogP contribution in [0.5, 0.6) is 11.5 Å². The molecule has 0 radical (unpaired) electrons. The summed E-state index contributed by atoms with van der Waals surface area (Å²) in [5.41, 5.74) is 2.86. The SMILES string of the molecule is CC(C)(C)c1cc(COS(=O)(=O)Cc2cc(C(C)(C)C)c(O)c(C(C)(C)C)c2)cc(C(C)(C)C)c1O.[CaH2]. The quantitative estimate of drug-likeness (QED) is 0.326. The van der Waals surface area contributed by atoms with E-state index < -0.39 is 10.1 Å². The molecule has 0 aliphatic rings. The van der Waals surface area contributed by atoms with Crippen LogP contribution in [-0.2, 0) is 48.3 Å². The van der Waals surface area contributed by atoms with Gasteiger partial charge >= 0.3 is 37.7 Å². The first-order valence-corrected chi connectivity index (χ1v) is 14.1. The molecule has 7 heteroatoms. The molecular formula is C30H48CaO5S. The Labute approximate surface area is 255 Å².